The van der Waals surface area contributed by atoms with Gasteiger partial charge in [-0.05, 0) is 44.2 Å². The summed E-state index contributed by atoms with van der Waals surface area (Å²) in [6.45, 7) is 2.39. The molecule has 1 saturated carbocycles. The summed E-state index contributed by atoms with van der Waals surface area (Å²) in [4.78, 5) is 23.7. The highest BCUT2D eigenvalue weighted by Crippen LogP contribution is 2.33. The van der Waals surface area contributed by atoms with E-state index < -0.39 is 0 Å². The molecule has 1 aliphatic rings. The van der Waals surface area contributed by atoms with E-state index in [1.54, 1.807) is 6.20 Å². The smallest absolute Gasteiger partial charge is 0.258 e. The molecule has 2 aromatic rings. The summed E-state index contributed by atoms with van der Waals surface area (Å²) in [6.07, 6.45) is 4.80. The van der Waals surface area contributed by atoms with Crippen molar-refractivity contribution >= 4 is 0 Å². The van der Waals surface area contributed by atoms with Gasteiger partial charge >= 0.3 is 0 Å². The van der Waals surface area contributed by atoms with Crippen LogP contribution in [-0.2, 0) is 6.42 Å². The quantitative estimate of drug-likeness (QED) is 0.905. The van der Waals surface area contributed by atoms with Crippen LogP contribution in [0.3, 0.4) is 0 Å². The maximum Gasteiger partial charge on any atom is 0.258 e. The molecular weight excluding hydrogens is 254 g/mol. The fraction of sp³-hybridized carbons (Fsp3) is 0.400. The average molecular weight is 271 g/mol. The van der Waals surface area contributed by atoms with Crippen LogP contribution in [0.15, 0.2) is 29.2 Å². The Labute approximate surface area is 117 Å². The van der Waals surface area contributed by atoms with E-state index in [0.29, 0.717) is 35.5 Å². The van der Waals surface area contributed by atoms with E-state index in [2.05, 4.69) is 15.0 Å². The molecule has 0 unspecified atom stereocenters. The van der Waals surface area contributed by atoms with Crippen molar-refractivity contribution < 1.29 is 4.74 Å². The van der Waals surface area contributed by atoms with Crippen LogP contribution in [0.2, 0.25) is 0 Å². The first-order valence-corrected chi connectivity index (χ1v) is 6.95. The Bertz CT molecular complexity index is 648. The van der Waals surface area contributed by atoms with Crippen molar-refractivity contribution in [2.45, 2.75) is 26.2 Å². The molecule has 0 aliphatic heterocycles. The van der Waals surface area contributed by atoms with Crippen molar-refractivity contribution in [1.82, 2.24) is 15.0 Å². The molecule has 104 valence electrons. The number of aromatic nitrogens is 3. The number of rotatable bonds is 5. The standard InChI is InChI=1S/C15H17N3O2/c1-2-20-15-11(9-10-6-7-10)14(19)17-13(18-15)12-5-3-4-8-16-12/h3-5,8,10H,2,6-7,9H2,1H3,(H,17,18,19). The van der Waals surface area contributed by atoms with E-state index in [0.717, 1.165) is 6.42 Å². The number of nitrogens with one attached hydrogen (secondary N) is 1. The van der Waals surface area contributed by atoms with Crippen LogP contribution in [-0.4, -0.2) is 21.6 Å². The summed E-state index contributed by atoms with van der Waals surface area (Å²) in [6, 6.07) is 5.50. The Morgan fingerprint density at radius 2 is 2.25 bits per heavy atom. The zero-order valence-electron chi connectivity index (χ0n) is 11.4. The highest BCUT2D eigenvalue weighted by molar-refractivity contribution is 5.49. The third-order valence-electron chi connectivity index (χ3n) is 3.36. The topological polar surface area (TPSA) is 67.9 Å². The molecule has 3 rings (SSSR count). The first-order valence-electron chi connectivity index (χ1n) is 6.95. The van der Waals surface area contributed by atoms with Gasteiger partial charge < -0.3 is 9.72 Å². The Kier molecular flexibility index (Phi) is 3.50. The summed E-state index contributed by atoms with van der Waals surface area (Å²) in [5.41, 5.74) is 1.19. The lowest BCUT2D eigenvalue weighted by atomic mass is 10.1. The van der Waals surface area contributed by atoms with Crippen molar-refractivity contribution in [2.75, 3.05) is 6.61 Å². The second kappa shape index (κ2) is 5.45. The number of nitrogens with zero attached hydrogens (tertiary/aromatic N) is 2. The number of aromatic amines is 1. The Morgan fingerprint density at radius 1 is 1.40 bits per heavy atom. The van der Waals surface area contributed by atoms with Crippen molar-refractivity contribution in [3.05, 3.63) is 40.3 Å². The first kappa shape index (κ1) is 12.8. The molecule has 1 fully saturated rings. The highest BCUT2D eigenvalue weighted by Gasteiger charge is 2.26. The largest absolute Gasteiger partial charge is 0.478 e. The van der Waals surface area contributed by atoms with Crippen molar-refractivity contribution in [2.24, 2.45) is 5.92 Å². The lowest BCUT2D eigenvalue weighted by Crippen LogP contribution is -2.18. The predicted octanol–water partition coefficient (Wildman–Crippen LogP) is 2.18. The predicted molar refractivity (Wildman–Crippen MR) is 75.7 cm³/mol. The average Bonchev–Trinajstić information content (AvgIpc) is 3.27. The maximum atomic E-state index is 12.3. The van der Waals surface area contributed by atoms with Crippen LogP contribution < -0.4 is 10.3 Å². The van der Waals surface area contributed by atoms with Gasteiger partial charge in [-0.2, -0.15) is 4.98 Å². The van der Waals surface area contributed by atoms with Crippen molar-refractivity contribution in [1.29, 1.82) is 0 Å². The summed E-state index contributed by atoms with van der Waals surface area (Å²) in [7, 11) is 0. The Hall–Kier alpha value is -2.17. The number of pyridine rings is 1. The van der Waals surface area contributed by atoms with Crippen LogP contribution in [0, 0.1) is 5.92 Å². The van der Waals surface area contributed by atoms with Gasteiger partial charge in [-0.25, -0.2) is 0 Å². The zero-order valence-corrected chi connectivity index (χ0v) is 11.4. The van der Waals surface area contributed by atoms with Crippen molar-refractivity contribution in [3.8, 4) is 17.4 Å². The van der Waals surface area contributed by atoms with Crippen LogP contribution in [0.1, 0.15) is 25.3 Å². The molecule has 1 N–H and O–H groups in total. The van der Waals surface area contributed by atoms with Gasteiger partial charge in [-0.1, -0.05) is 6.07 Å². The van der Waals surface area contributed by atoms with Gasteiger partial charge in [0.15, 0.2) is 5.82 Å². The molecule has 0 spiro atoms. The minimum Gasteiger partial charge on any atom is -0.478 e. The van der Waals surface area contributed by atoms with E-state index in [4.69, 9.17) is 4.74 Å². The van der Waals surface area contributed by atoms with Crippen LogP contribution in [0.4, 0.5) is 0 Å². The second-order valence-electron chi connectivity index (χ2n) is 4.99. The van der Waals surface area contributed by atoms with Gasteiger partial charge in [-0.15, -0.1) is 0 Å². The molecule has 0 atom stereocenters. The van der Waals surface area contributed by atoms with Gasteiger partial charge in [0.05, 0.1) is 12.2 Å². The molecule has 1 aliphatic carbocycles. The zero-order chi connectivity index (χ0) is 13.9. The van der Waals surface area contributed by atoms with Gasteiger partial charge in [0.25, 0.3) is 5.56 Å². The molecule has 0 aromatic carbocycles. The molecular formula is C15H17N3O2. The minimum atomic E-state index is -0.115. The maximum absolute atomic E-state index is 12.3. The highest BCUT2D eigenvalue weighted by atomic mass is 16.5. The SMILES string of the molecule is CCOc1nc(-c2ccccn2)[nH]c(=O)c1CC1CC1. The number of hydrogen-bond acceptors (Lipinski definition) is 4. The summed E-state index contributed by atoms with van der Waals surface area (Å²) >= 11 is 0. The van der Waals surface area contributed by atoms with Gasteiger partial charge in [0, 0.05) is 6.20 Å². The fourth-order valence-corrected chi connectivity index (χ4v) is 2.15. The van der Waals surface area contributed by atoms with Crippen molar-refractivity contribution in [3.63, 3.8) is 0 Å². The molecule has 2 aromatic heterocycles. The first-order chi connectivity index (χ1) is 9.78. The van der Waals surface area contributed by atoms with E-state index in [-0.39, 0.29) is 5.56 Å². The van der Waals surface area contributed by atoms with E-state index >= 15 is 0 Å². The number of H-pyrrole nitrogens is 1. The third-order valence-corrected chi connectivity index (χ3v) is 3.36. The molecule has 0 amide bonds. The second-order valence-corrected chi connectivity index (χ2v) is 4.99. The Balaban J connectivity index is 2.03. The van der Waals surface area contributed by atoms with E-state index in [1.165, 1.54) is 12.8 Å². The van der Waals surface area contributed by atoms with Crippen LogP contribution in [0.5, 0.6) is 5.88 Å². The van der Waals surface area contributed by atoms with Gasteiger partial charge in [-0.3, -0.25) is 9.78 Å². The molecule has 0 saturated heterocycles. The van der Waals surface area contributed by atoms with E-state index in [9.17, 15) is 4.79 Å². The summed E-state index contributed by atoms with van der Waals surface area (Å²) in [5.74, 6) is 1.51. The van der Waals surface area contributed by atoms with Crippen LogP contribution in [0.25, 0.3) is 11.5 Å². The molecule has 2 heterocycles. The minimum absolute atomic E-state index is 0.115. The van der Waals surface area contributed by atoms with Gasteiger partial charge in [0.2, 0.25) is 5.88 Å². The Morgan fingerprint density at radius 3 is 2.90 bits per heavy atom. The molecule has 0 radical (unpaired) electrons. The lowest BCUT2D eigenvalue weighted by Gasteiger charge is -2.09. The normalized spacial score (nSPS) is 14.2. The third kappa shape index (κ3) is 2.71. The monoisotopic (exact) mass is 271 g/mol. The lowest BCUT2D eigenvalue weighted by molar-refractivity contribution is 0.321. The molecule has 0 bridgehead atoms. The molecule has 5 heteroatoms. The molecule has 5 nitrogen and oxygen atoms in total. The molecule has 20 heavy (non-hydrogen) atoms. The number of ether oxygens (including phenoxy) is 1. The summed E-state index contributed by atoms with van der Waals surface area (Å²) in [5, 5.41) is 0. The summed E-state index contributed by atoms with van der Waals surface area (Å²) < 4.78 is 5.55. The van der Waals surface area contributed by atoms with Gasteiger partial charge in [0.1, 0.15) is 5.69 Å². The fourth-order valence-electron chi connectivity index (χ4n) is 2.15. The van der Waals surface area contributed by atoms with E-state index in [1.807, 2.05) is 25.1 Å². The number of hydrogen-bond donors (Lipinski definition) is 1. The van der Waals surface area contributed by atoms with Crippen LogP contribution >= 0.6 is 0 Å².